The highest BCUT2D eigenvalue weighted by Crippen LogP contribution is 2.38. The van der Waals surface area contributed by atoms with Gasteiger partial charge in [0.15, 0.2) is 0 Å². The Kier molecular flexibility index (Phi) is 26.1. The van der Waals surface area contributed by atoms with Crippen LogP contribution in [0, 0.1) is 55.4 Å². The van der Waals surface area contributed by atoms with Crippen LogP contribution < -0.4 is 37.9 Å². The molecule has 8 aromatic rings. The molecular formula is C80H96O16. The third kappa shape index (κ3) is 18.3. The van der Waals surface area contributed by atoms with Crippen LogP contribution in [-0.4, -0.2) is 56.9 Å². The van der Waals surface area contributed by atoms with Crippen molar-refractivity contribution >= 4 is 0 Å². The molecule has 1 heterocycles. The number of ether oxygens (including phenoxy) is 16. The van der Waals surface area contributed by atoms with E-state index in [-0.39, 0.29) is 0 Å². The van der Waals surface area contributed by atoms with Crippen molar-refractivity contribution in [1.82, 2.24) is 0 Å². The molecule has 512 valence electrons. The van der Waals surface area contributed by atoms with Gasteiger partial charge in [-0.05, 0) is 55.4 Å². The average molecular weight is 1310 g/mol. The maximum absolute atomic E-state index is 6.50. The second-order valence-corrected chi connectivity index (χ2v) is 24.9. The van der Waals surface area contributed by atoms with Gasteiger partial charge in [-0.3, -0.25) is 0 Å². The Hall–Kier alpha value is -8.16. The summed E-state index contributed by atoms with van der Waals surface area (Å²) in [5.74, 6) is 5.68. The highest BCUT2D eigenvalue weighted by molar-refractivity contribution is 5.51. The molecule has 0 spiro atoms. The Morgan fingerprint density at radius 3 is 0.292 bits per heavy atom. The van der Waals surface area contributed by atoms with Gasteiger partial charge in [0.25, 0.3) is 0 Å². The second-order valence-electron chi connectivity index (χ2n) is 24.9. The molecule has 0 atom stereocenters. The molecule has 16 heteroatoms. The minimum absolute atomic E-state index is 0.291. The quantitative estimate of drug-likeness (QED) is 0.142. The fourth-order valence-corrected chi connectivity index (χ4v) is 13.4. The van der Waals surface area contributed by atoms with E-state index in [1.807, 2.05) is 0 Å². The molecule has 0 aliphatic carbocycles. The van der Waals surface area contributed by atoms with E-state index in [9.17, 15) is 0 Å². The summed E-state index contributed by atoms with van der Waals surface area (Å²) in [5.41, 5.74) is 22.9. The van der Waals surface area contributed by atoms with Crippen LogP contribution in [0.1, 0.15) is 134 Å². The summed E-state index contributed by atoms with van der Waals surface area (Å²) in [6, 6.07) is 33.5. The van der Waals surface area contributed by atoms with Crippen molar-refractivity contribution in [3.63, 3.8) is 0 Å². The molecule has 96 heavy (non-hydrogen) atoms. The van der Waals surface area contributed by atoms with Crippen LogP contribution in [0.15, 0.2) is 97.1 Å². The van der Waals surface area contributed by atoms with Crippen LogP contribution in [0.2, 0.25) is 0 Å². The van der Waals surface area contributed by atoms with Gasteiger partial charge in [-0.1, -0.05) is 142 Å². The summed E-state index contributed by atoms with van der Waals surface area (Å²) in [7, 11) is 13.4. The molecule has 1 aliphatic heterocycles. The van der Waals surface area contributed by atoms with Gasteiger partial charge in [0.2, 0.25) is 0 Å². The Labute approximate surface area is 567 Å². The molecule has 0 saturated heterocycles. The molecule has 0 N–H and O–H groups in total. The van der Waals surface area contributed by atoms with Gasteiger partial charge >= 0.3 is 0 Å². The lowest BCUT2D eigenvalue weighted by molar-refractivity contribution is 0.0928. The number of rotatable bonds is 8. The largest absolute Gasteiger partial charge is 0.496 e. The lowest BCUT2D eigenvalue weighted by Crippen LogP contribution is -2.07. The SMILES string of the molecule is COc1c2cc(C)cc1COCc1cc(C)cc(c1OC)COCc1cc(C)cc(c1OC)COCc1cc(C)cc(c1OC)COCc1cc(C)cc(c1OC)COCc1cc(C)cc(c1OC)COCc1cc(C)cc(c1OC)COCc1cc(C)cc(c1OC)COC2. The molecule has 0 aromatic heterocycles. The van der Waals surface area contributed by atoms with Crippen LogP contribution in [0.3, 0.4) is 0 Å². The first-order valence-corrected chi connectivity index (χ1v) is 32.4. The molecule has 16 nitrogen and oxygen atoms in total. The number of hydrogen-bond donors (Lipinski definition) is 0. The van der Waals surface area contributed by atoms with Crippen LogP contribution in [0.4, 0.5) is 0 Å². The van der Waals surface area contributed by atoms with E-state index >= 15 is 0 Å². The van der Waals surface area contributed by atoms with E-state index < -0.39 is 0 Å². The van der Waals surface area contributed by atoms with Gasteiger partial charge in [-0.2, -0.15) is 0 Å². The average Bonchev–Trinajstić information content (AvgIpc) is 2.65. The van der Waals surface area contributed by atoms with E-state index in [2.05, 4.69) is 152 Å². The first-order chi connectivity index (χ1) is 46.5. The van der Waals surface area contributed by atoms with E-state index in [4.69, 9.17) is 75.8 Å². The summed E-state index contributed by atoms with van der Waals surface area (Å²) < 4.78 is 101. The number of aryl methyl sites for hydroxylation is 8. The Morgan fingerprint density at radius 1 is 0.156 bits per heavy atom. The van der Waals surface area contributed by atoms with Gasteiger partial charge in [-0.15, -0.1) is 0 Å². The van der Waals surface area contributed by atoms with Crippen LogP contribution in [-0.2, 0) is 144 Å². The lowest BCUT2D eigenvalue weighted by atomic mass is 10.0. The molecule has 0 fully saturated rings. The summed E-state index contributed by atoms with van der Waals surface area (Å²) >= 11 is 0. The van der Waals surface area contributed by atoms with E-state index in [1.54, 1.807) is 56.9 Å². The van der Waals surface area contributed by atoms with Crippen molar-refractivity contribution in [1.29, 1.82) is 0 Å². The minimum Gasteiger partial charge on any atom is -0.496 e. The number of benzene rings is 8. The van der Waals surface area contributed by atoms with Crippen molar-refractivity contribution in [2.24, 2.45) is 0 Å². The number of hydrogen-bond acceptors (Lipinski definition) is 16. The number of fused-ring (bicyclic) bond motifs is 16. The molecule has 1 aliphatic rings. The van der Waals surface area contributed by atoms with Crippen LogP contribution in [0.5, 0.6) is 46.0 Å². The first kappa shape index (κ1) is 72.1. The summed E-state index contributed by atoms with van der Waals surface area (Å²) in [5, 5.41) is 0. The highest BCUT2D eigenvalue weighted by atomic mass is 16.5. The fraction of sp³-hybridized carbons (Fsp3) is 0.400. The zero-order valence-electron chi connectivity index (χ0n) is 59.1. The standard InChI is InChI=1S/C80H96O16/c1-49-17-57-33-89-35-59-19-50(2)21-61(74(59)82-10)37-91-39-63-23-52(4)25-65(76(63)84-12)41-93-43-67-27-54(6)29-69(78(67)86-14)45-95-47-71-31-56(8)32-72(80(71)88-16)48-96-46-70-30-55(7)28-68(79(70)87-15)44-94-42-66-26-53(5)24-64(77(66)85-13)40-92-38-62-22-51(3)20-60(75(62)83-11)36-90-34-58(18-49)73(57)81-9/h17-32H,33-48H2,1-16H3. The molecule has 16 bridgehead atoms. The number of methoxy groups -OCH3 is 8. The summed E-state index contributed by atoms with van der Waals surface area (Å²) in [6.07, 6.45) is 0. The van der Waals surface area contributed by atoms with Crippen molar-refractivity contribution in [3.05, 3.63) is 231 Å². The highest BCUT2D eigenvalue weighted by Gasteiger charge is 2.22. The van der Waals surface area contributed by atoms with Crippen LogP contribution in [0.25, 0.3) is 0 Å². The Morgan fingerprint density at radius 2 is 0.229 bits per heavy atom. The van der Waals surface area contributed by atoms with Crippen molar-refractivity contribution in [3.8, 4) is 46.0 Å². The Bertz CT molecular complexity index is 3000. The maximum atomic E-state index is 6.50. The predicted octanol–water partition coefficient (Wildman–Crippen LogP) is 16.3. The molecule has 0 amide bonds. The summed E-state index contributed by atoms with van der Waals surface area (Å²) in [4.78, 5) is 0. The third-order valence-electron chi connectivity index (χ3n) is 16.9. The van der Waals surface area contributed by atoms with Crippen molar-refractivity contribution in [2.75, 3.05) is 56.9 Å². The minimum atomic E-state index is 0.291. The molecular weight excluding hydrogens is 1220 g/mol. The molecule has 0 unspecified atom stereocenters. The first-order valence-electron chi connectivity index (χ1n) is 32.4. The Balaban J connectivity index is 0.972. The molecule has 9 rings (SSSR count). The summed E-state index contributed by atoms with van der Waals surface area (Å²) in [6.45, 7) is 21.2. The molecule has 8 aromatic carbocycles. The van der Waals surface area contributed by atoms with Gasteiger partial charge in [-0.25, -0.2) is 0 Å². The smallest absolute Gasteiger partial charge is 0.129 e. The van der Waals surface area contributed by atoms with E-state index in [0.717, 1.165) is 134 Å². The molecule has 0 radical (unpaired) electrons. The van der Waals surface area contributed by atoms with Gasteiger partial charge < -0.3 is 75.8 Å². The topological polar surface area (TPSA) is 148 Å². The zero-order valence-corrected chi connectivity index (χ0v) is 59.1. The third-order valence-corrected chi connectivity index (χ3v) is 16.9. The van der Waals surface area contributed by atoms with Crippen LogP contribution >= 0.6 is 0 Å². The van der Waals surface area contributed by atoms with Gasteiger partial charge in [0.1, 0.15) is 46.0 Å². The maximum Gasteiger partial charge on any atom is 0.129 e. The van der Waals surface area contributed by atoms with Gasteiger partial charge in [0.05, 0.1) is 163 Å². The van der Waals surface area contributed by atoms with E-state index in [1.165, 1.54) is 0 Å². The molecule has 0 saturated carbocycles. The zero-order chi connectivity index (χ0) is 68.4. The second kappa shape index (κ2) is 34.7. The fourth-order valence-electron chi connectivity index (χ4n) is 13.4. The van der Waals surface area contributed by atoms with Crippen molar-refractivity contribution < 1.29 is 75.8 Å². The monoisotopic (exact) mass is 1310 g/mol. The normalized spacial score (nSPS) is 14.5. The van der Waals surface area contributed by atoms with E-state index in [0.29, 0.717) is 152 Å². The lowest BCUT2D eigenvalue weighted by Gasteiger charge is -2.19. The van der Waals surface area contributed by atoms with Crippen molar-refractivity contribution in [2.45, 2.75) is 161 Å². The van der Waals surface area contributed by atoms with Gasteiger partial charge in [0, 0.05) is 89.0 Å². The predicted molar refractivity (Wildman–Crippen MR) is 370 cm³/mol.